The number of nitrogens with zero attached hydrogens (tertiary/aromatic N) is 2. The number of piperidine rings is 1. The Labute approximate surface area is 159 Å². The van der Waals surface area contributed by atoms with Gasteiger partial charge in [0.05, 0.1) is 5.75 Å². The number of likely N-dealkylation sites (tertiary alicyclic amines) is 1. The van der Waals surface area contributed by atoms with E-state index in [0.29, 0.717) is 12.3 Å². The second kappa shape index (κ2) is 8.62. The third-order valence-electron chi connectivity index (χ3n) is 4.57. The predicted octanol–water partition coefficient (Wildman–Crippen LogP) is 3.27. The van der Waals surface area contributed by atoms with Gasteiger partial charge >= 0.3 is 0 Å². The molecule has 1 N–H and O–H groups in total. The molecule has 140 valence electrons. The van der Waals surface area contributed by atoms with Crippen molar-refractivity contribution in [3.8, 4) is 0 Å². The van der Waals surface area contributed by atoms with Crippen molar-refractivity contribution in [1.82, 2.24) is 14.8 Å². The van der Waals surface area contributed by atoms with E-state index in [2.05, 4.69) is 11.4 Å². The lowest BCUT2D eigenvalue weighted by molar-refractivity contribution is -0.132. The molecule has 2 aromatic rings. The maximum Gasteiger partial charge on any atom is 0.242 e. The molecule has 2 amide bonds. The van der Waals surface area contributed by atoms with Crippen LogP contribution in [-0.4, -0.2) is 46.2 Å². The number of hydrogen-bond acceptors (Lipinski definition) is 3. The van der Waals surface area contributed by atoms with Gasteiger partial charge in [0, 0.05) is 41.1 Å². The van der Waals surface area contributed by atoms with Gasteiger partial charge in [0.25, 0.3) is 0 Å². The molecule has 0 saturated carbocycles. The first-order valence-electron chi connectivity index (χ1n) is 9.32. The highest BCUT2D eigenvalue weighted by molar-refractivity contribution is 8.00. The number of rotatable bonds is 6. The van der Waals surface area contributed by atoms with Crippen LogP contribution in [0.4, 0.5) is 0 Å². The minimum absolute atomic E-state index is 0.0335. The zero-order valence-electron chi connectivity index (χ0n) is 15.5. The highest BCUT2D eigenvalue weighted by Gasteiger charge is 2.18. The van der Waals surface area contributed by atoms with Gasteiger partial charge in [0.2, 0.25) is 11.8 Å². The largest absolute Gasteiger partial charge is 0.353 e. The lowest BCUT2D eigenvalue weighted by Crippen LogP contribution is -2.37. The highest BCUT2D eigenvalue weighted by Crippen LogP contribution is 2.30. The second-order valence-electron chi connectivity index (χ2n) is 7.09. The fraction of sp³-hybridized carbons (Fsp3) is 0.500. The third kappa shape index (κ3) is 4.61. The Balaban J connectivity index is 1.74. The number of fused-ring (bicyclic) bond motifs is 1. The van der Waals surface area contributed by atoms with E-state index in [-0.39, 0.29) is 17.9 Å². The SMILES string of the molecule is CC(C)NC(=O)CSc1cn(CC(=O)N2CCCCC2)c2ccccc12. The topological polar surface area (TPSA) is 54.3 Å². The molecule has 0 bridgehead atoms. The van der Waals surface area contributed by atoms with Gasteiger partial charge in [-0.25, -0.2) is 0 Å². The molecule has 5 nitrogen and oxygen atoms in total. The Morgan fingerprint density at radius 3 is 2.62 bits per heavy atom. The fourth-order valence-electron chi connectivity index (χ4n) is 3.35. The Hall–Kier alpha value is -1.95. The molecular formula is C20H27N3O2S. The van der Waals surface area contributed by atoms with Crippen LogP contribution in [0.5, 0.6) is 0 Å². The van der Waals surface area contributed by atoms with E-state index in [9.17, 15) is 9.59 Å². The predicted molar refractivity (Wildman–Crippen MR) is 106 cm³/mol. The Kier molecular flexibility index (Phi) is 6.25. The number of thioether (sulfide) groups is 1. The number of benzene rings is 1. The van der Waals surface area contributed by atoms with Crippen LogP contribution in [0.15, 0.2) is 35.4 Å². The number of amides is 2. The van der Waals surface area contributed by atoms with Crippen LogP contribution < -0.4 is 5.32 Å². The van der Waals surface area contributed by atoms with E-state index >= 15 is 0 Å². The van der Waals surface area contributed by atoms with Gasteiger partial charge in [-0.3, -0.25) is 9.59 Å². The van der Waals surface area contributed by atoms with Crippen molar-refractivity contribution in [2.75, 3.05) is 18.8 Å². The molecule has 1 aromatic carbocycles. The van der Waals surface area contributed by atoms with Crippen molar-refractivity contribution < 1.29 is 9.59 Å². The zero-order valence-corrected chi connectivity index (χ0v) is 16.3. The number of carbonyl (C=O) groups is 2. The summed E-state index contributed by atoms with van der Waals surface area (Å²) in [5.74, 6) is 0.595. The Morgan fingerprint density at radius 1 is 1.15 bits per heavy atom. The van der Waals surface area contributed by atoms with Crippen molar-refractivity contribution >= 4 is 34.5 Å². The normalized spacial score (nSPS) is 14.8. The molecule has 1 aliphatic heterocycles. The number of aromatic nitrogens is 1. The molecule has 3 rings (SSSR count). The molecule has 1 aliphatic rings. The maximum atomic E-state index is 12.6. The molecule has 0 atom stereocenters. The summed E-state index contributed by atoms with van der Waals surface area (Å²) in [6.07, 6.45) is 5.43. The summed E-state index contributed by atoms with van der Waals surface area (Å²) in [7, 11) is 0. The summed E-state index contributed by atoms with van der Waals surface area (Å²) < 4.78 is 2.02. The van der Waals surface area contributed by atoms with Gasteiger partial charge in [-0.2, -0.15) is 0 Å². The van der Waals surface area contributed by atoms with Gasteiger partial charge in [0.1, 0.15) is 6.54 Å². The molecule has 0 aliphatic carbocycles. The molecule has 1 fully saturated rings. The van der Waals surface area contributed by atoms with Gasteiger partial charge in [0.15, 0.2) is 0 Å². The van der Waals surface area contributed by atoms with Gasteiger partial charge < -0.3 is 14.8 Å². The van der Waals surface area contributed by atoms with E-state index < -0.39 is 0 Å². The second-order valence-corrected chi connectivity index (χ2v) is 8.11. The molecule has 0 radical (unpaired) electrons. The lowest BCUT2D eigenvalue weighted by atomic mass is 10.1. The van der Waals surface area contributed by atoms with Crippen molar-refractivity contribution in [2.45, 2.75) is 50.6 Å². The quantitative estimate of drug-likeness (QED) is 0.791. The summed E-state index contributed by atoms with van der Waals surface area (Å²) >= 11 is 1.53. The van der Waals surface area contributed by atoms with Crippen LogP contribution in [0, 0.1) is 0 Å². The molecule has 6 heteroatoms. The number of para-hydroxylation sites is 1. The smallest absolute Gasteiger partial charge is 0.242 e. The van der Waals surface area contributed by atoms with Crippen LogP contribution in [-0.2, 0) is 16.1 Å². The van der Waals surface area contributed by atoms with Crippen LogP contribution in [0.1, 0.15) is 33.1 Å². The molecule has 26 heavy (non-hydrogen) atoms. The minimum Gasteiger partial charge on any atom is -0.353 e. The molecule has 2 heterocycles. The summed E-state index contributed by atoms with van der Waals surface area (Å²) in [6.45, 7) is 6.02. The standard InChI is InChI=1S/C20H27N3O2S/c1-15(2)21-19(24)14-26-18-12-23(17-9-5-4-8-16(17)18)13-20(25)22-10-6-3-7-11-22/h4-5,8-9,12,15H,3,6-7,10-11,13-14H2,1-2H3,(H,21,24). The molecule has 0 spiro atoms. The summed E-state index contributed by atoms with van der Waals surface area (Å²) in [5.41, 5.74) is 1.05. The fourth-order valence-corrected chi connectivity index (χ4v) is 4.25. The average Bonchev–Trinajstić information content (AvgIpc) is 2.98. The van der Waals surface area contributed by atoms with E-state index in [4.69, 9.17) is 0 Å². The molecular weight excluding hydrogens is 346 g/mol. The highest BCUT2D eigenvalue weighted by atomic mass is 32.2. The first kappa shape index (κ1) is 18.8. The lowest BCUT2D eigenvalue weighted by Gasteiger charge is -2.27. The van der Waals surface area contributed by atoms with E-state index in [1.165, 1.54) is 18.2 Å². The zero-order chi connectivity index (χ0) is 18.5. The van der Waals surface area contributed by atoms with Crippen molar-refractivity contribution in [3.05, 3.63) is 30.5 Å². The summed E-state index contributed by atoms with van der Waals surface area (Å²) in [4.78, 5) is 27.6. The Morgan fingerprint density at radius 2 is 1.88 bits per heavy atom. The van der Waals surface area contributed by atoms with Gasteiger partial charge in [-0.15, -0.1) is 11.8 Å². The molecule has 1 aromatic heterocycles. The molecule has 0 unspecified atom stereocenters. The van der Waals surface area contributed by atoms with Crippen molar-refractivity contribution in [1.29, 1.82) is 0 Å². The number of hydrogen-bond donors (Lipinski definition) is 1. The Bertz CT molecular complexity index is 778. The number of nitrogens with one attached hydrogen (secondary N) is 1. The monoisotopic (exact) mass is 373 g/mol. The van der Waals surface area contributed by atoms with Crippen LogP contribution in [0.25, 0.3) is 10.9 Å². The van der Waals surface area contributed by atoms with Crippen LogP contribution in [0.3, 0.4) is 0 Å². The summed E-state index contributed by atoms with van der Waals surface area (Å²) in [6, 6.07) is 8.23. The van der Waals surface area contributed by atoms with Gasteiger partial charge in [-0.05, 0) is 39.2 Å². The number of carbonyl (C=O) groups excluding carboxylic acids is 2. The van der Waals surface area contributed by atoms with Crippen LogP contribution >= 0.6 is 11.8 Å². The first-order valence-corrected chi connectivity index (χ1v) is 10.3. The first-order chi connectivity index (χ1) is 12.5. The van der Waals surface area contributed by atoms with Crippen LogP contribution in [0.2, 0.25) is 0 Å². The van der Waals surface area contributed by atoms with Gasteiger partial charge in [-0.1, -0.05) is 18.2 Å². The van der Waals surface area contributed by atoms with Crippen molar-refractivity contribution in [2.24, 2.45) is 0 Å². The third-order valence-corrected chi connectivity index (χ3v) is 5.62. The van der Waals surface area contributed by atoms with E-state index in [1.54, 1.807) is 0 Å². The maximum absolute atomic E-state index is 12.6. The molecule has 1 saturated heterocycles. The van der Waals surface area contributed by atoms with E-state index in [0.717, 1.165) is 41.7 Å². The summed E-state index contributed by atoms with van der Waals surface area (Å²) in [5, 5.41) is 4.01. The van der Waals surface area contributed by atoms with Crippen molar-refractivity contribution in [3.63, 3.8) is 0 Å². The van der Waals surface area contributed by atoms with E-state index in [1.807, 2.05) is 47.7 Å². The minimum atomic E-state index is 0.0335. The average molecular weight is 374 g/mol.